The SMILES string of the molecule is CN(C)c1ccc([C@@H](CC(F)(F)F)N2CCNCC2)c(Cl)c1. The predicted octanol–water partition coefficient (Wildman–Crippen LogP) is 3.30. The maximum Gasteiger partial charge on any atom is 0.390 e. The molecule has 124 valence electrons. The van der Waals surface area contributed by atoms with Crippen LogP contribution in [0, 0.1) is 0 Å². The number of piperazine rings is 1. The van der Waals surface area contributed by atoms with E-state index in [4.69, 9.17) is 11.6 Å². The van der Waals surface area contributed by atoms with E-state index >= 15 is 0 Å². The lowest BCUT2D eigenvalue weighted by Crippen LogP contribution is -2.46. The Morgan fingerprint density at radius 2 is 1.91 bits per heavy atom. The molecule has 0 aromatic heterocycles. The van der Waals surface area contributed by atoms with Crippen LogP contribution in [-0.2, 0) is 0 Å². The van der Waals surface area contributed by atoms with E-state index in [0.29, 0.717) is 36.8 Å². The van der Waals surface area contributed by atoms with Crippen molar-refractivity contribution in [2.24, 2.45) is 0 Å². The van der Waals surface area contributed by atoms with Gasteiger partial charge in [0.25, 0.3) is 0 Å². The van der Waals surface area contributed by atoms with Gasteiger partial charge < -0.3 is 10.2 Å². The van der Waals surface area contributed by atoms with Gasteiger partial charge in [0.05, 0.1) is 6.42 Å². The summed E-state index contributed by atoms with van der Waals surface area (Å²) >= 11 is 6.28. The van der Waals surface area contributed by atoms with Crippen LogP contribution in [-0.4, -0.2) is 51.4 Å². The number of hydrogen-bond donors (Lipinski definition) is 1. The Bertz CT molecular complexity index is 499. The van der Waals surface area contributed by atoms with Crippen LogP contribution in [0.4, 0.5) is 18.9 Å². The molecular formula is C15H21ClF3N3. The number of rotatable bonds is 4. The third-order valence-corrected chi connectivity index (χ3v) is 4.20. The Kier molecular flexibility index (Phi) is 5.58. The lowest BCUT2D eigenvalue weighted by molar-refractivity contribution is -0.148. The van der Waals surface area contributed by atoms with Crippen molar-refractivity contribution < 1.29 is 13.2 Å². The van der Waals surface area contributed by atoms with Crippen molar-refractivity contribution in [3.8, 4) is 0 Å². The summed E-state index contributed by atoms with van der Waals surface area (Å²) in [6, 6.07) is 4.52. The second kappa shape index (κ2) is 7.06. The minimum Gasteiger partial charge on any atom is -0.378 e. The molecule has 0 spiro atoms. The number of anilines is 1. The number of alkyl halides is 3. The molecule has 1 aromatic carbocycles. The highest BCUT2D eigenvalue weighted by atomic mass is 35.5. The summed E-state index contributed by atoms with van der Waals surface area (Å²) in [5.74, 6) is 0. The first-order chi connectivity index (χ1) is 10.3. The van der Waals surface area contributed by atoms with Gasteiger partial charge >= 0.3 is 6.18 Å². The van der Waals surface area contributed by atoms with Crippen molar-refractivity contribution in [3.05, 3.63) is 28.8 Å². The fraction of sp³-hybridized carbons (Fsp3) is 0.600. The average Bonchev–Trinajstić information content (AvgIpc) is 2.45. The van der Waals surface area contributed by atoms with Crippen molar-refractivity contribution in [1.82, 2.24) is 10.2 Å². The molecule has 7 heteroatoms. The van der Waals surface area contributed by atoms with E-state index in [2.05, 4.69) is 5.32 Å². The molecule has 1 N–H and O–H groups in total. The molecule has 1 fully saturated rings. The van der Waals surface area contributed by atoms with Gasteiger partial charge in [-0.3, -0.25) is 4.90 Å². The molecule has 0 bridgehead atoms. The maximum atomic E-state index is 13.0. The molecule has 1 heterocycles. The van der Waals surface area contributed by atoms with Gasteiger partial charge in [0, 0.05) is 57.0 Å². The van der Waals surface area contributed by atoms with Gasteiger partial charge in [0.2, 0.25) is 0 Å². The number of benzene rings is 1. The van der Waals surface area contributed by atoms with Gasteiger partial charge in [-0.2, -0.15) is 13.2 Å². The Morgan fingerprint density at radius 3 is 2.41 bits per heavy atom. The van der Waals surface area contributed by atoms with Gasteiger partial charge in [0.15, 0.2) is 0 Å². The van der Waals surface area contributed by atoms with Gasteiger partial charge in [-0.25, -0.2) is 0 Å². The van der Waals surface area contributed by atoms with Crippen molar-refractivity contribution in [2.45, 2.75) is 18.6 Å². The van der Waals surface area contributed by atoms with Gasteiger partial charge in [-0.1, -0.05) is 17.7 Å². The van der Waals surface area contributed by atoms with E-state index in [1.54, 1.807) is 12.1 Å². The molecule has 0 unspecified atom stereocenters. The summed E-state index contributed by atoms with van der Waals surface area (Å²) in [4.78, 5) is 3.74. The third kappa shape index (κ3) is 4.51. The Morgan fingerprint density at radius 1 is 1.27 bits per heavy atom. The first-order valence-electron chi connectivity index (χ1n) is 7.26. The van der Waals surface area contributed by atoms with Gasteiger partial charge in [0.1, 0.15) is 0 Å². The molecular weight excluding hydrogens is 315 g/mol. The Labute approximate surface area is 134 Å². The van der Waals surface area contributed by atoms with Crippen LogP contribution in [0.1, 0.15) is 18.0 Å². The van der Waals surface area contributed by atoms with E-state index in [9.17, 15) is 13.2 Å². The largest absolute Gasteiger partial charge is 0.390 e. The molecule has 3 nitrogen and oxygen atoms in total. The molecule has 0 aliphatic carbocycles. The van der Waals surface area contributed by atoms with Crippen LogP contribution < -0.4 is 10.2 Å². The van der Waals surface area contributed by atoms with Gasteiger partial charge in [-0.05, 0) is 17.7 Å². The van der Waals surface area contributed by atoms with Crippen molar-refractivity contribution in [1.29, 1.82) is 0 Å². The summed E-state index contributed by atoms with van der Waals surface area (Å²) < 4.78 is 39.0. The minimum absolute atomic E-state index is 0.388. The van der Waals surface area contributed by atoms with Crippen LogP contribution in [0.2, 0.25) is 5.02 Å². The quantitative estimate of drug-likeness (QED) is 0.910. The second-order valence-electron chi connectivity index (χ2n) is 5.72. The van der Waals surface area contributed by atoms with Crippen LogP contribution >= 0.6 is 11.6 Å². The zero-order chi connectivity index (χ0) is 16.3. The van der Waals surface area contributed by atoms with E-state index in [1.165, 1.54) is 0 Å². The fourth-order valence-electron chi connectivity index (χ4n) is 2.71. The highest BCUT2D eigenvalue weighted by Crippen LogP contribution is 2.38. The molecule has 1 aromatic rings. The monoisotopic (exact) mass is 335 g/mol. The molecule has 1 atom stereocenters. The molecule has 1 saturated heterocycles. The van der Waals surface area contributed by atoms with Crippen LogP contribution in [0.25, 0.3) is 0 Å². The summed E-state index contributed by atoms with van der Waals surface area (Å²) in [6.07, 6.45) is -5.10. The molecule has 1 aliphatic rings. The van der Waals surface area contributed by atoms with Crippen molar-refractivity contribution in [2.75, 3.05) is 45.2 Å². The third-order valence-electron chi connectivity index (χ3n) is 3.88. The maximum absolute atomic E-state index is 13.0. The van der Waals surface area contributed by atoms with E-state index < -0.39 is 18.6 Å². The highest BCUT2D eigenvalue weighted by Gasteiger charge is 2.36. The molecule has 0 amide bonds. The highest BCUT2D eigenvalue weighted by molar-refractivity contribution is 6.31. The van der Waals surface area contributed by atoms with Crippen LogP contribution in [0.3, 0.4) is 0 Å². The smallest absolute Gasteiger partial charge is 0.378 e. The Hall–Kier alpha value is -0.980. The first-order valence-corrected chi connectivity index (χ1v) is 7.64. The van der Waals surface area contributed by atoms with Gasteiger partial charge in [-0.15, -0.1) is 0 Å². The zero-order valence-electron chi connectivity index (χ0n) is 12.8. The van der Waals surface area contributed by atoms with E-state index in [-0.39, 0.29) is 0 Å². The molecule has 2 rings (SSSR count). The summed E-state index contributed by atoms with van der Waals surface area (Å²) in [5, 5.41) is 3.55. The first kappa shape index (κ1) is 17.4. The van der Waals surface area contributed by atoms with Crippen molar-refractivity contribution in [3.63, 3.8) is 0 Å². The average molecular weight is 336 g/mol. The van der Waals surface area contributed by atoms with Crippen molar-refractivity contribution >= 4 is 17.3 Å². The molecule has 0 saturated carbocycles. The lowest BCUT2D eigenvalue weighted by Gasteiger charge is -2.36. The number of nitrogens with zero attached hydrogens (tertiary/aromatic N) is 2. The predicted molar refractivity (Wildman–Crippen MR) is 83.6 cm³/mol. The lowest BCUT2D eigenvalue weighted by atomic mass is 10.00. The summed E-state index contributed by atoms with van der Waals surface area (Å²) in [5.41, 5.74) is 1.42. The fourth-order valence-corrected chi connectivity index (χ4v) is 3.01. The summed E-state index contributed by atoms with van der Waals surface area (Å²) in [6.45, 7) is 2.57. The number of halogens is 4. The van der Waals surface area contributed by atoms with E-state index in [0.717, 1.165) is 5.69 Å². The van der Waals surface area contributed by atoms with Crippen LogP contribution in [0.5, 0.6) is 0 Å². The number of hydrogen-bond acceptors (Lipinski definition) is 3. The summed E-state index contributed by atoms with van der Waals surface area (Å²) in [7, 11) is 3.74. The number of nitrogens with one attached hydrogen (secondary N) is 1. The minimum atomic E-state index is -4.22. The molecule has 0 radical (unpaired) electrons. The Balaban J connectivity index is 2.31. The van der Waals surface area contributed by atoms with Crippen LogP contribution in [0.15, 0.2) is 18.2 Å². The topological polar surface area (TPSA) is 18.5 Å². The second-order valence-corrected chi connectivity index (χ2v) is 6.13. The normalized spacial score (nSPS) is 18.3. The standard InChI is InChI=1S/C15H21ClF3N3/c1-21(2)11-3-4-12(13(16)9-11)14(10-15(17,18)19)22-7-5-20-6-8-22/h3-4,9,14,20H,5-8,10H2,1-2H3/t14-/m1/s1. The van der Waals surface area contributed by atoms with E-state index in [1.807, 2.05) is 30.0 Å². The molecule has 1 aliphatic heterocycles. The zero-order valence-corrected chi connectivity index (χ0v) is 13.5. The molecule has 22 heavy (non-hydrogen) atoms.